The monoisotopic (exact) mass is 355 g/mol. The van der Waals surface area contributed by atoms with Gasteiger partial charge in [-0.2, -0.15) is 0 Å². The van der Waals surface area contributed by atoms with E-state index in [9.17, 15) is 9.90 Å². The lowest BCUT2D eigenvalue weighted by molar-refractivity contribution is -0.119. The summed E-state index contributed by atoms with van der Waals surface area (Å²) in [4.78, 5) is 12.8. The molecule has 1 unspecified atom stereocenters. The van der Waals surface area contributed by atoms with E-state index in [1.807, 2.05) is 30.3 Å². The number of aliphatic hydroxyl groups is 1. The normalized spacial score (nSPS) is 12.0. The van der Waals surface area contributed by atoms with Crippen molar-refractivity contribution in [2.75, 3.05) is 12.3 Å². The molecule has 0 aliphatic rings. The molecule has 6 heteroatoms. The van der Waals surface area contributed by atoms with E-state index >= 15 is 0 Å². The first-order valence-corrected chi connectivity index (χ1v) is 8.37. The van der Waals surface area contributed by atoms with Crippen LogP contribution in [0.25, 0.3) is 0 Å². The number of halogens is 2. The number of benzene rings is 2. The van der Waals surface area contributed by atoms with Crippen molar-refractivity contribution in [1.29, 1.82) is 0 Å². The number of thioether (sulfide) groups is 1. The van der Waals surface area contributed by atoms with Gasteiger partial charge < -0.3 is 10.4 Å². The summed E-state index contributed by atoms with van der Waals surface area (Å²) in [6.07, 6.45) is -0.845. The summed E-state index contributed by atoms with van der Waals surface area (Å²) < 4.78 is 0. The van der Waals surface area contributed by atoms with Crippen molar-refractivity contribution < 1.29 is 9.90 Å². The first-order valence-electron chi connectivity index (χ1n) is 6.63. The SMILES string of the molecule is O=C(CSc1ccccc1)NCC(O)c1cc(Cl)cc(Cl)c1. The van der Waals surface area contributed by atoms with Gasteiger partial charge in [0, 0.05) is 21.5 Å². The molecule has 0 aromatic heterocycles. The Morgan fingerprint density at radius 2 is 1.77 bits per heavy atom. The van der Waals surface area contributed by atoms with Crippen molar-refractivity contribution in [2.45, 2.75) is 11.0 Å². The van der Waals surface area contributed by atoms with Crippen molar-refractivity contribution in [2.24, 2.45) is 0 Å². The number of aliphatic hydroxyl groups excluding tert-OH is 1. The van der Waals surface area contributed by atoms with Crippen LogP contribution in [0.15, 0.2) is 53.4 Å². The van der Waals surface area contributed by atoms with Gasteiger partial charge in [0.2, 0.25) is 5.91 Å². The van der Waals surface area contributed by atoms with Gasteiger partial charge in [0.25, 0.3) is 0 Å². The van der Waals surface area contributed by atoms with Crippen molar-refractivity contribution in [3.8, 4) is 0 Å². The van der Waals surface area contributed by atoms with Gasteiger partial charge in [0.15, 0.2) is 0 Å². The van der Waals surface area contributed by atoms with Crippen LogP contribution >= 0.6 is 35.0 Å². The van der Waals surface area contributed by atoms with Crippen LogP contribution in [0.3, 0.4) is 0 Å². The summed E-state index contributed by atoms with van der Waals surface area (Å²) in [5, 5.41) is 13.7. The van der Waals surface area contributed by atoms with E-state index in [2.05, 4.69) is 5.32 Å². The second-order valence-corrected chi connectivity index (χ2v) is 6.55. The Kier molecular flexibility index (Phi) is 6.58. The van der Waals surface area contributed by atoms with E-state index in [4.69, 9.17) is 23.2 Å². The van der Waals surface area contributed by atoms with Crippen LogP contribution in [0.2, 0.25) is 10.0 Å². The van der Waals surface area contributed by atoms with Gasteiger partial charge in [-0.05, 0) is 35.9 Å². The highest BCUT2D eigenvalue weighted by atomic mass is 35.5. The Labute approximate surface area is 143 Å². The van der Waals surface area contributed by atoms with Gasteiger partial charge in [0.05, 0.1) is 11.9 Å². The second-order valence-electron chi connectivity index (χ2n) is 4.62. The molecule has 0 bridgehead atoms. The Hall–Kier alpha value is -1.20. The fourth-order valence-corrected chi connectivity index (χ4v) is 3.10. The summed E-state index contributed by atoms with van der Waals surface area (Å²) in [5.41, 5.74) is 0.577. The van der Waals surface area contributed by atoms with Crippen LogP contribution in [-0.2, 0) is 4.79 Å². The predicted molar refractivity (Wildman–Crippen MR) is 91.6 cm³/mol. The van der Waals surface area contributed by atoms with Gasteiger partial charge in [-0.3, -0.25) is 4.79 Å². The van der Waals surface area contributed by atoms with Gasteiger partial charge in [-0.15, -0.1) is 11.8 Å². The molecule has 2 N–H and O–H groups in total. The minimum absolute atomic E-state index is 0.116. The summed E-state index contributed by atoms with van der Waals surface area (Å²) >= 11 is 13.2. The quantitative estimate of drug-likeness (QED) is 0.771. The van der Waals surface area contributed by atoms with Crippen LogP contribution in [0.4, 0.5) is 0 Å². The first kappa shape index (κ1) is 17.2. The molecule has 116 valence electrons. The third kappa shape index (κ3) is 5.54. The molecule has 2 aromatic carbocycles. The second kappa shape index (κ2) is 8.44. The third-order valence-corrected chi connectivity index (χ3v) is 4.32. The van der Waals surface area contributed by atoms with Gasteiger partial charge in [-0.25, -0.2) is 0 Å². The highest BCUT2D eigenvalue weighted by molar-refractivity contribution is 8.00. The van der Waals surface area contributed by atoms with E-state index < -0.39 is 6.10 Å². The molecule has 1 atom stereocenters. The molecule has 2 rings (SSSR count). The van der Waals surface area contributed by atoms with Crippen LogP contribution in [0.5, 0.6) is 0 Å². The van der Waals surface area contributed by atoms with Crippen LogP contribution in [0, 0.1) is 0 Å². The van der Waals surface area contributed by atoms with E-state index in [0.717, 1.165) is 4.90 Å². The molecule has 0 fully saturated rings. The van der Waals surface area contributed by atoms with Crippen molar-refractivity contribution in [1.82, 2.24) is 5.32 Å². The van der Waals surface area contributed by atoms with Crippen LogP contribution in [0.1, 0.15) is 11.7 Å². The number of hydrogen-bond donors (Lipinski definition) is 2. The molecule has 0 spiro atoms. The average Bonchev–Trinajstić information content (AvgIpc) is 2.50. The maximum absolute atomic E-state index is 11.8. The number of amides is 1. The number of nitrogens with one attached hydrogen (secondary N) is 1. The number of carbonyl (C=O) groups excluding carboxylic acids is 1. The summed E-state index contributed by atoms with van der Waals surface area (Å²) in [6.45, 7) is 0.116. The highest BCUT2D eigenvalue weighted by Crippen LogP contribution is 2.23. The molecule has 0 saturated heterocycles. The zero-order valence-electron chi connectivity index (χ0n) is 11.6. The molecule has 3 nitrogen and oxygen atoms in total. The summed E-state index contributed by atoms with van der Waals surface area (Å²) in [6, 6.07) is 14.5. The molecule has 0 heterocycles. The van der Waals surface area contributed by atoms with E-state index in [-0.39, 0.29) is 12.5 Å². The Morgan fingerprint density at radius 1 is 1.14 bits per heavy atom. The summed E-state index contributed by atoms with van der Waals surface area (Å²) in [7, 11) is 0. The average molecular weight is 356 g/mol. The summed E-state index contributed by atoms with van der Waals surface area (Å²) in [5.74, 6) is 0.161. The third-order valence-electron chi connectivity index (χ3n) is 2.88. The molecule has 0 saturated carbocycles. The molecule has 0 aliphatic heterocycles. The van der Waals surface area contributed by atoms with E-state index in [1.165, 1.54) is 11.8 Å². The number of rotatable bonds is 6. The van der Waals surface area contributed by atoms with Gasteiger partial charge in [-0.1, -0.05) is 41.4 Å². The Morgan fingerprint density at radius 3 is 2.41 bits per heavy atom. The smallest absolute Gasteiger partial charge is 0.230 e. The fourth-order valence-electron chi connectivity index (χ4n) is 1.81. The van der Waals surface area contributed by atoms with Gasteiger partial charge in [0.1, 0.15) is 0 Å². The zero-order chi connectivity index (χ0) is 15.9. The molecule has 0 radical (unpaired) electrons. The number of carbonyl (C=O) groups is 1. The lowest BCUT2D eigenvalue weighted by Gasteiger charge is -2.13. The Balaban J connectivity index is 1.80. The Bertz CT molecular complexity index is 617. The van der Waals surface area contributed by atoms with Crippen molar-refractivity contribution >= 4 is 40.9 Å². The van der Waals surface area contributed by atoms with E-state index in [1.54, 1.807) is 18.2 Å². The van der Waals surface area contributed by atoms with Gasteiger partial charge >= 0.3 is 0 Å². The lowest BCUT2D eigenvalue weighted by atomic mass is 10.1. The zero-order valence-corrected chi connectivity index (χ0v) is 14.0. The molecular weight excluding hydrogens is 341 g/mol. The van der Waals surface area contributed by atoms with Crippen LogP contribution < -0.4 is 5.32 Å². The topological polar surface area (TPSA) is 49.3 Å². The molecule has 22 heavy (non-hydrogen) atoms. The van der Waals surface area contributed by atoms with Crippen molar-refractivity contribution in [3.05, 3.63) is 64.1 Å². The largest absolute Gasteiger partial charge is 0.387 e. The first-order chi connectivity index (χ1) is 10.5. The fraction of sp³-hybridized carbons (Fsp3) is 0.188. The van der Waals surface area contributed by atoms with Crippen molar-refractivity contribution in [3.63, 3.8) is 0 Å². The standard InChI is InChI=1S/C16H15Cl2NO2S/c17-12-6-11(7-13(18)8-12)15(20)9-19-16(21)10-22-14-4-2-1-3-5-14/h1-8,15,20H,9-10H2,(H,19,21). The molecule has 2 aromatic rings. The highest BCUT2D eigenvalue weighted by Gasteiger charge is 2.11. The minimum Gasteiger partial charge on any atom is -0.387 e. The maximum Gasteiger partial charge on any atom is 0.230 e. The van der Waals surface area contributed by atoms with Crippen LogP contribution in [-0.4, -0.2) is 23.3 Å². The molecule has 1 amide bonds. The lowest BCUT2D eigenvalue weighted by Crippen LogP contribution is -2.29. The molecular formula is C16H15Cl2NO2S. The van der Waals surface area contributed by atoms with E-state index in [0.29, 0.717) is 21.4 Å². The predicted octanol–water partition coefficient (Wildman–Crippen LogP) is 3.94. The maximum atomic E-state index is 11.8. The molecule has 0 aliphatic carbocycles. The minimum atomic E-state index is -0.845. The number of hydrogen-bond acceptors (Lipinski definition) is 3.